The van der Waals surface area contributed by atoms with E-state index in [1.807, 2.05) is 0 Å². The summed E-state index contributed by atoms with van der Waals surface area (Å²) in [6.45, 7) is 1.78. The van der Waals surface area contributed by atoms with Gasteiger partial charge in [-0.15, -0.1) is 11.3 Å². The molecule has 0 aliphatic rings. The maximum Gasteiger partial charge on any atom is 0.347 e. The molecule has 4 N–H and O–H groups in total. The molecule has 0 spiro atoms. The molecule has 4 nitrogen and oxygen atoms in total. The molecule has 1 heterocycles. The van der Waals surface area contributed by atoms with Crippen molar-refractivity contribution in [3.63, 3.8) is 0 Å². The molecule has 0 aliphatic heterocycles. The zero-order valence-corrected chi connectivity index (χ0v) is 8.18. The zero-order chi connectivity index (χ0) is 9.35. The highest BCUT2D eigenvalue weighted by Gasteiger charge is 2.28. The largest absolute Gasteiger partial charge is 0.347 e. The summed E-state index contributed by atoms with van der Waals surface area (Å²) in [6.07, 6.45) is 0. The molecule has 1 rings (SSSR count). The van der Waals surface area contributed by atoms with Gasteiger partial charge >= 0.3 is 7.60 Å². The van der Waals surface area contributed by atoms with E-state index in [1.54, 1.807) is 18.4 Å². The fourth-order valence-electron chi connectivity index (χ4n) is 0.840. The van der Waals surface area contributed by atoms with Crippen LogP contribution in [-0.2, 0) is 4.57 Å². The molecule has 0 radical (unpaired) electrons. The second-order valence-corrected chi connectivity index (χ2v) is 5.18. The second-order valence-electron chi connectivity index (χ2n) is 2.50. The fourth-order valence-corrected chi connectivity index (χ4v) is 2.76. The van der Waals surface area contributed by atoms with Gasteiger partial charge in [-0.25, -0.2) is 0 Å². The van der Waals surface area contributed by atoms with Crippen LogP contribution in [0.15, 0.2) is 11.4 Å². The normalized spacial score (nSPS) is 14.7. The molecular formula is C6H10NO3PS. The monoisotopic (exact) mass is 207 g/mol. The fraction of sp³-hybridized carbons (Fsp3) is 0.333. The van der Waals surface area contributed by atoms with Crippen molar-refractivity contribution in [3.8, 4) is 0 Å². The van der Waals surface area contributed by atoms with Crippen LogP contribution in [0.2, 0.25) is 0 Å². The van der Waals surface area contributed by atoms with E-state index in [9.17, 15) is 4.57 Å². The molecule has 1 aromatic rings. The highest BCUT2D eigenvalue weighted by Crippen LogP contribution is 2.50. The number of nitrogens with two attached hydrogens (primary N) is 1. The van der Waals surface area contributed by atoms with Gasteiger partial charge in [0.1, 0.15) is 5.78 Å². The van der Waals surface area contributed by atoms with Gasteiger partial charge in [-0.2, -0.15) is 0 Å². The molecule has 6 heteroatoms. The molecule has 1 atom stereocenters. The van der Waals surface area contributed by atoms with Gasteiger partial charge in [-0.05, 0) is 23.9 Å². The zero-order valence-electron chi connectivity index (χ0n) is 6.47. The van der Waals surface area contributed by atoms with Crippen LogP contribution >= 0.6 is 18.9 Å². The van der Waals surface area contributed by atoms with E-state index in [4.69, 9.17) is 15.5 Å². The van der Waals surface area contributed by atoms with Crippen molar-refractivity contribution in [1.82, 2.24) is 0 Å². The van der Waals surface area contributed by atoms with E-state index in [-0.39, 0.29) is 0 Å². The van der Waals surface area contributed by atoms with Crippen molar-refractivity contribution >= 4 is 18.9 Å². The Morgan fingerprint density at radius 3 is 2.58 bits per heavy atom. The van der Waals surface area contributed by atoms with Crippen LogP contribution < -0.4 is 5.73 Å². The SMILES string of the molecule is Cc1ccsc1C(N)P(=O)(O)O. The lowest BCUT2D eigenvalue weighted by atomic mass is 10.3. The molecule has 0 aliphatic carbocycles. The Morgan fingerprint density at radius 1 is 1.67 bits per heavy atom. The molecule has 68 valence electrons. The smallest absolute Gasteiger partial charge is 0.323 e. The standard InChI is InChI=1S/C6H10NO3PS/c1-4-2-3-12-5(4)6(7)11(8,9)10/h2-3,6H,7H2,1H3,(H2,8,9,10). The Kier molecular flexibility index (Phi) is 2.70. The number of hydrogen-bond donors (Lipinski definition) is 3. The Morgan fingerprint density at radius 2 is 2.25 bits per heavy atom. The van der Waals surface area contributed by atoms with Crippen LogP contribution in [-0.4, -0.2) is 9.79 Å². The summed E-state index contributed by atoms with van der Waals surface area (Å²) in [5, 5.41) is 1.76. The lowest BCUT2D eigenvalue weighted by Gasteiger charge is -2.12. The summed E-state index contributed by atoms with van der Waals surface area (Å²) >= 11 is 1.27. The molecule has 1 unspecified atom stereocenters. The van der Waals surface area contributed by atoms with Crippen molar-refractivity contribution in [2.75, 3.05) is 0 Å². The Hall–Kier alpha value is -0.190. The highest BCUT2D eigenvalue weighted by molar-refractivity contribution is 7.52. The van der Waals surface area contributed by atoms with E-state index in [1.165, 1.54) is 11.3 Å². The molecule has 0 saturated heterocycles. The maximum absolute atomic E-state index is 10.8. The average Bonchev–Trinajstić information content (AvgIpc) is 2.31. The average molecular weight is 207 g/mol. The van der Waals surface area contributed by atoms with Gasteiger partial charge in [0.15, 0.2) is 0 Å². The van der Waals surface area contributed by atoms with E-state index >= 15 is 0 Å². The molecule has 12 heavy (non-hydrogen) atoms. The van der Waals surface area contributed by atoms with Crippen LogP contribution in [0.25, 0.3) is 0 Å². The van der Waals surface area contributed by atoms with E-state index < -0.39 is 13.4 Å². The van der Waals surface area contributed by atoms with Crippen LogP contribution in [0.4, 0.5) is 0 Å². The Balaban J connectivity index is 3.00. The van der Waals surface area contributed by atoms with Gasteiger partial charge < -0.3 is 15.5 Å². The van der Waals surface area contributed by atoms with Crippen molar-refractivity contribution in [2.45, 2.75) is 12.7 Å². The molecule has 0 amide bonds. The molecule has 0 fully saturated rings. The van der Waals surface area contributed by atoms with Crippen molar-refractivity contribution in [3.05, 3.63) is 21.9 Å². The minimum absolute atomic E-state index is 0.559. The predicted molar refractivity (Wildman–Crippen MR) is 48.0 cm³/mol. The molecule has 1 aromatic heterocycles. The maximum atomic E-state index is 10.8. The lowest BCUT2D eigenvalue weighted by Crippen LogP contribution is -2.09. The van der Waals surface area contributed by atoms with Gasteiger partial charge in [0.2, 0.25) is 0 Å². The van der Waals surface area contributed by atoms with Crippen LogP contribution in [0.3, 0.4) is 0 Å². The minimum atomic E-state index is -4.18. The first kappa shape index (κ1) is 9.89. The van der Waals surface area contributed by atoms with Crippen LogP contribution in [0.5, 0.6) is 0 Å². The minimum Gasteiger partial charge on any atom is -0.323 e. The lowest BCUT2D eigenvalue weighted by molar-refractivity contribution is 0.360. The summed E-state index contributed by atoms with van der Waals surface area (Å²) < 4.78 is 10.8. The van der Waals surface area contributed by atoms with Crippen molar-refractivity contribution in [2.24, 2.45) is 5.73 Å². The van der Waals surface area contributed by atoms with Gasteiger partial charge in [0.05, 0.1) is 0 Å². The third-order valence-electron chi connectivity index (χ3n) is 1.53. The third kappa shape index (κ3) is 1.94. The Bertz CT molecular complexity index is 318. The summed E-state index contributed by atoms with van der Waals surface area (Å²) in [6, 6.07) is 1.79. The van der Waals surface area contributed by atoms with Gasteiger partial charge in [-0.1, -0.05) is 0 Å². The van der Waals surface area contributed by atoms with Gasteiger partial charge in [0.25, 0.3) is 0 Å². The topological polar surface area (TPSA) is 83.6 Å². The number of thiophene rings is 1. The second kappa shape index (κ2) is 3.28. The van der Waals surface area contributed by atoms with E-state index in [2.05, 4.69) is 0 Å². The number of rotatable bonds is 2. The predicted octanol–water partition coefficient (Wildman–Crippen LogP) is 1.19. The number of aryl methyl sites for hydroxylation is 1. The quantitative estimate of drug-likeness (QED) is 0.636. The highest BCUT2D eigenvalue weighted by atomic mass is 32.1. The number of hydrogen-bond acceptors (Lipinski definition) is 3. The molecular weight excluding hydrogens is 197 g/mol. The molecule has 0 bridgehead atoms. The summed E-state index contributed by atoms with van der Waals surface area (Å²) in [4.78, 5) is 18.1. The Labute approximate surface area is 74.2 Å². The van der Waals surface area contributed by atoms with E-state index in [0.717, 1.165) is 5.56 Å². The van der Waals surface area contributed by atoms with Crippen molar-refractivity contribution in [1.29, 1.82) is 0 Å². The van der Waals surface area contributed by atoms with Gasteiger partial charge in [-0.3, -0.25) is 4.57 Å². The summed E-state index contributed by atoms with van der Waals surface area (Å²) in [7, 11) is -4.18. The summed E-state index contributed by atoms with van der Waals surface area (Å²) in [5.74, 6) is -1.17. The first-order chi connectivity index (χ1) is 5.43. The van der Waals surface area contributed by atoms with E-state index in [0.29, 0.717) is 4.88 Å². The molecule has 0 saturated carbocycles. The molecule has 0 aromatic carbocycles. The van der Waals surface area contributed by atoms with Crippen molar-refractivity contribution < 1.29 is 14.4 Å². The van der Waals surface area contributed by atoms with Crippen LogP contribution in [0, 0.1) is 6.92 Å². The van der Waals surface area contributed by atoms with Gasteiger partial charge in [0, 0.05) is 4.88 Å². The first-order valence-corrected chi connectivity index (χ1v) is 5.84. The first-order valence-electron chi connectivity index (χ1n) is 3.27. The van der Waals surface area contributed by atoms with Crippen LogP contribution in [0.1, 0.15) is 16.2 Å². The summed E-state index contributed by atoms with van der Waals surface area (Å²) in [5.41, 5.74) is 6.19. The third-order valence-corrected chi connectivity index (χ3v) is 3.79.